The number of alkyl halides is 3. The summed E-state index contributed by atoms with van der Waals surface area (Å²) >= 11 is 0. The number of hydrogen-bond donors (Lipinski definition) is 2. The Labute approximate surface area is 120 Å². The van der Waals surface area contributed by atoms with Crippen molar-refractivity contribution < 1.29 is 26.7 Å². The van der Waals surface area contributed by atoms with Crippen LogP contribution in [0.25, 0.3) is 0 Å². The molecule has 0 spiro atoms. The van der Waals surface area contributed by atoms with Crippen LogP contribution in [0.5, 0.6) is 0 Å². The molecule has 3 N–H and O–H groups in total. The summed E-state index contributed by atoms with van der Waals surface area (Å²) in [5.74, 6) is -3.44. The molecule has 22 heavy (non-hydrogen) atoms. The number of pyridine rings is 1. The molecule has 0 aliphatic carbocycles. The Balaban J connectivity index is 2.44. The molecule has 1 amide bonds. The molecule has 0 unspecified atom stereocenters. The summed E-state index contributed by atoms with van der Waals surface area (Å²) in [6.45, 7) is 0. The maximum absolute atomic E-state index is 13.6. The van der Waals surface area contributed by atoms with Gasteiger partial charge in [-0.05, 0) is 12.1 Å². The lowest BCUT2D eigenvalue weighted by Crippen LogP contribution is -2.15. The van der Waals surface area contributed by atoms with Crippen molar-refractivity contribution in [1.82, 2.24) is 4.98 Å². The van der Waals surface area contributed by atoms with E-state index in [1.165, 1.54) is 0 Å². The number of hydrogen-bond acceptors (Lipinski definition) is 3. The zero-order valence-electron chi connectivity index (χ0n) is 10.7. The van der Waals surface area contributed by atoms with E-state index in [-0.39, 0.29) is 5.69 Å². The molecule has 0 saturated carbocycles. The fourth-order valence-electron chi connectivity index (χ4n) is 1.72. The first-order valence-electron chi connectivity index (χ1n) is 5.78. The van der Waals surface area contributed by atoms with Crippen LogP contribution in [0.1, 0.15) is 16.1 Å². The molecular formula is C13H8F5N3O. The number of rotatable bonds is 3. The number of nitrogens with one attached hydrogen (secondary N) is 1. The van der Waals surface area contributed by atoms with Gasteiger partial charge in [-0.1, -0.05) is 6.07 Å². The average molecular weight is 317 g/mol. The van der Waals surface area contributed by atoms with Crippen molar-refractivity contribution in [3.63, 3.8) is 0 Å². The Morgan fingerprint density at radius 1 is 1.18 bits per heavy atom. The molecule has 116 valence electrons. The second kappa shape index (κ2) is 5.58. The van der Waals surface area contributed by atoms with Crippen LogP contribution in [-0.2, 0) is 6.18 Å². The van der Waals surface area contributed by atoms with E-state index >= 15 is 0 Å². The second-order valence-electron chi connectivity index (χ2n) is 4.20. The maximum atomic E-state index is 13.6. The van der Waals surface area contributed by atoms with Crippen LogP contribution in [0.3, 0.4) is 0 Å². The molecule has 1 heterocycles. The highest BCUT2D eigenvalue weighted by Gasteiger charge is 2.34. The Bertz CT molecular complexity index is 730. The smallest absolute Gasteiger partial charge is 0.364 e. The van der Waals surface area contributed by atoms with E-state index in [1.54, 1.807) is 0 Å². The molecule has 0 bridgehead atoms. The molecule has 0 aliphatic rings. The van der Waals surface area contributed by atoms with Gasteiger partial charge in [-0.2, -0.15) is 13.2 Å². The Kier molecular flexibility index (Phi) is 3.98. The molecule has 2 rings (SSSR count). The second-order valence-corrected chi connectivity index (χ2v) is 4.20. The molecule has 0 radical (unpaired) electrons. The number of carbonyl (C=O) groups excluding carboxylic acids is 1. The number of primary amides is 1. The molecule has 9 heteroatoms. The number of halogens is 5. The Morgan fingerprint density at radius 3 is 2.41 bits per heavy atom. The monoisotopic (exact) mass is 317 g/mol. The number of benzene rings is 1. The third-order valence-electron chi connectivity index (χ3n) is 2.66. The van der Waals surface area contributed by atoms with Crippen molar-refractivity contribution in [2.24, 2.45) is 5.73 Å². The van der Waals surface area contributed by atoms with Crippen LogP contribution < -0.4 is 11.1 Å². The largest absolute Gasteiger partial charge is 0.418 e. The summed E-state index contributed by atoms with van der Waals surface area (Å²) in [4.78, 5) is 14.2. The van der Waals surface area contributed by atoms with Crippen molar-refractivity contribution in [2.45, 2.75) is 6.18 Å². The van der Waals surface area contributed by atoms with Crippen molar-refractivity contribution in [1.29, 1.82) is 0 Å². The first-order valence-corrected chi connectivity index (χ1v) is 5.78. The van der Waals surface area contributed by atoms with Crippen molar-refractivity contribution in [3.05, 3.63) is 53.4 Å². The van der Waals surface area contributed by atoms with Gasteiger partial charge >= 0.3 is 6.18 Å². The summed E-state index contributed by atoms with van der Waals surface area (Å²) in [7, 11) is 0. The first kappa shape index (κ1) is 15.7. The van der Waals surface area contributed by atoms with Gasteiger partial charge in [0.15, 0.2) is 11.5 Å². The number of anilines is 2. The molecule has 4 nitrogen and oxygen atoms in total. The number of amides is 1. The summed E-state index contributed by atoms with van der Waals surface area (Å²) in [5.41, 5.74) is 1.79. The minimum Gasteiger partial charge on any atom is -0.364 e. The van der Waals surface area contributed by atoms with Gasteiger partial charge in [0.05, 0.1) is 23.1 Å². The fraction of sp³-hybridized carbons (Fsp3) is 0.0769. The zero-order chi connectivity index (χ0) is 16.5. The van der Waals surface area contributed by atoms with Crippen LogP contribution in [-0.4, -0.2) is 10.9 Å². The van der Waals surface area contributed by atoms with Gasteiger partial charge in [0.25, 0.3) is 5.91 Å². The normalized spacial score (nSPS) is 11.3. The van der Waals surface area contributed by atoms with Crippen LogP contribution in [0.15, 0.2) is 30.5 Å². The molecule has 2 aromatic rings. The third kappa shape index (κ3) is 3.13. The lowest BCUT2D eigenvalue weighted by Gasteiger charge is -2.15. The average Bonchev–Trinajstić information content (AvgIpc) is 2.39. The summed E-state index contributed by atoms with van der Waals surface area (Å²) in [5, 5.41) is 2.10. The molecule has 0 fully saturated rings. The number of para-hydroxylation sites is 1. The van der Waals surface area contributed by atoms with E-state index in [1.807, 2.05) is 0 Å². The van der Waals surface area contributed by atoms with E-state index in [0.717, 1.165) is 18.3 Å². The predicted molar refractivity (Wildman–Crippen MR) is 67.4 cm³/mol. The van der Waals surface area contributed by atoms with Gasteiger partial charge in [0, 0.05) is 6.07 Å². The van der Waals surface area contributed by atoms with Crippen molar-refractivity contribution in [2.75, 3.05) is 5.32 Å². The van der Waals surface area contributed by atoms with Gasteiger partial charge in [-0.3, -0.25) is 4.79 Å². The van der Waals surface area contributed by atoms with E-state index in [2.05, 4.69) is 10.3 Å². The van der Waals surface area contributed by atoms with Crippen LogP contribution in [0, 0.1) is 11.6 Å². The minimum atomic E-state index is -4.80. The Hall–Kier alpha value is -2.71. The van der Waals surface area contributed by atoms with E-state index in [0.29, 0.717) is 12.1 Å². The molecule has 0 saturated heterocycles. The van der Waals surface area contributed by atoms with E-state index in [9.17, 15) is 26.7 Å². The number of nitrogens with two attached hydrogens (primary N) is 1. The fourth-order valence-corrected chi connectivity index (χ4v) is 1.72. The highest BCUT2D eigenvalue weighted by Crippen LogP contribution is 2.37. The SMILES string of the molecule is NC(=O)c1ncc(Nc2c(F)cccc2C(F)(F)F)cc1F. The summed E-state index contributed by atoms with van der Waals surface area (Å²) in [6, 6.07) is 3.09. The molecule has 0 aliphatic heterocycles. The molecule has 0 atom stereocenters. The lowest BCUT2D eigenvalue weighted by molar-refractivity contribution is -0.137. The topological polar surface area (TPSA) is 68.0 Å². The number of aromatic nitrogens is 1. The lowest BCUT2D eigenvalue weighted by atomic mass is 10.1. The van der Waals surface area contributed by atoms with Gasteiger partial charge in [0.2, 0.25) is 0 Å². The van der Waals surface area contributed by atoms with E-state index in [4.69, 9.17) is 5.73 Å². The van der Waals surface area contributed by atoms with Crippen LogP contribution in [0.4, 0.5) is 33.3 Å². The van der Waals surface area contributed by atoms with Crippen LogP contribution >= 0.6 is 0 Å². The maximum Gasteiger partial charge on any atom is 0.418 e. The first-order chi connectivity index (χ1) is 10.2. The van der Waals surface area contributed by atoms with Crippen molar-refractivity contribution >= 4 is 17.3 Å². The van der Waals surface area contributed by atoms with Gasteiger partial charge < -0.3 is 11.1 Å². The zero-order valence-corrected chi connectivity index (χ0v) is 10.7. The summed E-state index contributed by atoms with van der Waals surface area (Å²) in [6.07, 6.45) is -3.93. The van der Waals surface area contributed by atoms with Gasteiger partial charge in [-0.15, -0.1) is 0 Å². The number of carbonyl (C=O) groups is 1. The van der Waals surface area contributed by atoms with Gasteiger partial charge in [-0.25, -0.2) is 13.8 Å². The minimum absolute atomic E-state index is 0.266. The standard InChI is InChI=1S/C13H8F5N3O/c14-8-3-1-2-7(13(16,17)18)10(8)21-6-4-9(15)11(12(19)22)20-5-6/h1-5,21H,(H2,19,22). The molecular weight excluding hydrogens is 309 g/mol. The highest BCUT2D eigenvalue weighted by atomic mass is 19.4. The summed E-state index contributed by atoms with van der Waals surface area (Å²) < 4.78 is 65.6. The highest BCUT2D eigenvalue weighted by molar-refractivity contribution is 5.91. The quantitative estimate of drug-likeness (QED) is 0.854. The van der Waals surface area contributed by atoms with E-state index < -0.39 is 40.7 Å². The molecule has 1 aromatic heterocycles. The molecule has 1 aromatic carbocycles. The third-order valence-corrected chi connectivity index (χ3v) is 2.66. The van der Waals surface area contributed by atoms with Gasteiger partial charge in [0.1, 0.15) is 5.82 Å². The van der Waals surface area contributed by atoms with Crippen LogP contribution in [0.2, 0.25) is 0 Å². The number of nitrogens with zero attached hydrogens (tertiary/aromatic N) is 1. The predicted octanol–water partition coefficient (Wildman–Crippen LogP) is 3.22. The van der Waals surface area contributed by atoms with Crippen molar-refractivity contribution in [3.8, 4) is 0 Å². The Morgan fingerprint density at radius 2 is 1.86 bits per heavy atom.